The van der Waals surface area contributed by atoms with Crippen LogP contribution in [-0.4, -0.2) is 57.4 Å². The summed E-state index contributed by atoms with van der Waals surface area (Å²) in [6.07, 6.45) is 4.71. The zero-order valence-corrected chi connectivity index (χ0v) is 22.1. The second-order valence-corrected chi connectivity index (χ2v) is 12.0. The first-order chi connectivity index (χ1) is 17.6. The summed E-state index contributed by atoms with van der Waals surface area (Å²) in [7, 11) is 3.58. The molecule has 3 aliphatic rings. The average Bonchev–Trinajstić information content (AvgIpc) is 2.91. The lowest BCUT2D eigenvalue weighted by molar-refractivity contribution is -0.0154. The third kappa shape index (κ3) is 4.08. The van der Waals surface area contributed by atoms with Crippen LogP contribution in [0.1, 0.15) is 11.1 Å². The Kier molecular flexibility index (Phi) is 6.43. The van der Waals surface area contributed by atoms with E-state index in [0.29, 0.717) is 6.61 Å². The summed E-state index contributed by atoms with van der Waals surface area (Å²) in [5.41, 5.74) is 4.90. The molecule has 0 saturated carbocycles. The fraction of sp³-hybridized carbons (Fsp3) is 0.290. The van der Waals surface area contributed by atoms with E-state index in [-0.39, 0.29) is 12.1 Å². The van der Waals surface area contributed by atoms with Gasteiger partial charge in [0.15, 0.2) is 5.75 Å². The Morgan fingerprint density at radius 1 is 0.833 bits per heavy atom. The number of rotatable bonds is 4. The first-order valence-corrected chi connectivity index (χ1v) is 14.1. The monoisotopic (exact) mass is 496 g/mol. The Morgan fingerprint density at radius 3 is 2.22 bits per heavy atom. The minimum Gasteiger partial charge on any atom is -0.489 e. The third-order valence-corrected chi connectivity index (χ3v) is 10.0. The molecule has 2 atom stereocenters. The molecule has 6 rings (SSSR count). The van der Waals surface area contributed by atoms with E-state index in [1.807, 2.05) is 0 Å². The van der Waals surface area contributed by atoms with Crippen molar-refractivity contribution in [1.82, 2.24) is 4.90 Å². The molecule has 5 heteroatoms. The summed E-state index contributed by atoms with van der Waals surface area (Å²) in [6.45, 7) is 5.47. The highest BCUT2D eigenvalue weighted by Gasteiger charge is 2.40. The van der Waals surface area contributed by atoms with E-state index in [9.17, 15) is 0 Å². The molecular weight excluding hydrogens is 463 g/mol. The van der Waals surface area contributed by atoms with Crippen LogP contribution in [0.4, 0.5) is 5.69 Å². The van der Waals surface area contributed by atoms with Crippen molar-refractivity contribution in [1.29, 1.82) is 0 Å². The molecule has 0 spiro atoms. The maximum atomic E-state index is 6.63. The number of hydrogen-bond donors (Lipinski definition) is 0. The Balaban J connectivity index is 1.65. The molecule has 2 heterocycles. The van der Waals surface area contributed by atoms with Gasteiger partial charge < -0.3 is 14.4 Å². The quantitative estimate of drug-likeness (QED) is 0.478. The van der Waals surface area contributed by atoms with Gasteiger partial charge >= 0.3 is 0 Å². The number of likely N-dealkylation sites (N-methyl/N-ethyl adjacent to an activating group) is 2. The van der Waals surface area contributed by atoms with Gasteiger partial charge in [0.2, 0.25) is 0 Å². The third-order valence-electron chi connectivity index (χ3n) is 7.54. The van der Waals surface area contributed by atoms with E-state index >= 15 is 0 Å². The zero-order valence-electron chi connectivity index (χ0n) is 21.2. The number of anilines is 1. The van der Waals surface area contributed by atoms with Crippen molar-refractivity contribution in [2.45, 2.75) is 19.1 Å². The average molecular weight is 497 g/mol. The summed E-state index contributed by atoms with van der Waals surface area (Å²) in [5, 5.41) is 4.05. The van der Waals surface area contributed by atoms with Gasteiger partial charge in [-0.2, -0.15) is 0 Å². The highest BCUT2D eigenvalue weighted by molar-refractivity contribution is 7.77. The van der Waals surface area contributed by atoms with E-state index in [0.717, 1.165) is 31.1 Å². The fourth-order valence-corrected chi connectivity index (χ4v) is 8.14. The summed E-state index contributed by atoms with van der Waals surface area (Å²) >= 11 is 0. The fourth-order valence-electron chi connectivity index (χ4n) is 5.63. The summed E-state index contributed by atoms with van der Waals surface area (Å²) in [4.78, 5) is 4.73. The van der Waals surface area contributed by atoms with Crippen LogP contribution in [0, 0.1) is 6.92 Å². The second-order valence-electron chi connectivity index (χ2n) is 9.80. The summed E-state index contributed by atoms with van der Waals surface area (Å²) in [6, 6.07) is 26.6. The van der Waals surface area contributed by atoms with Gasteiger partial charge in [-0.15, -0.1) is 0 Å². The van der Waals surface area contributed by atoms with E-state index < -0.39 is 7.92 Å². The second kappa shape index (κ2) is 9.86. The SMILES string of the molecule is Cc1ccc2c(c1C1=C(P(c3ccccc3)c3ccccc3)C=CC3[C@@H]1OCCN3C)OCCN2C. The minimum absolute atomic E-state index is 0.0396. The van der Waals surface area contributed by atoms with Crippen molar-refractivity contribution >= 4 is 29.8 Å². The molecular formula is C31H33N2O2P. The maximum absolute atomic E-state index is 6.63. The zero-order chi connectivity index (χ0) is 24.6. The first-order valence-electron chi connectivity index (χ1n) is 12.8. The first kappa shape index (κ1) is 23.5. The van der Waals surface area contributed by atoms with Gasteiger partial charge in [-0.3, -0.25) is 4.90 Å². The topological polar surface area (TPSA) is 24.9 Å². The van der Waals surface area contributed by atoms with E-state index in [1.165, 1.54) is 32.6 Å². The van der Waals surface area contributed by atoms with Crippen LogP contribution in [0.25, 0.3) is 5.57 Å². The van der Waals surface area contributed by atoms with Gasteiger partial charge in [-0.25, -0.2) is 0 Å². The number of fused-ring (bicyclic) bond motifs is 2. The van der Waals surface area contributed by atoms with Gasteiger partial charge in [-0.05, 0) is 49.4 Å². The molecule has 2 aliphatic heterocycles. The van der Waals surface area contributed by atoms with Crippen LogP contribution in [0.2, 0.25) is 0 Å². The van der Waals surface area contributed by atoms with E-state index in [1.54, 1.807) is 0 Å². The molecule has 0 N–H and O–H groups in total. The van der Waals surface area contributed by atoms with Crippen molar-refractivity contribution < 1.29 is 9.47 Å². The number of ether oxygens (including phenoxy) is 2. The smallest absolute Gasteiger partial charge is 0.150 e. The van der Waals surface area contributed by atoms with E-state index in [4.69, 9.17) is 9.47 Å². The number of allylic oxidation sites excluding steroid dienone is 2. The Morgan fingerprint density at radius 2 is 1.53 bits per heavy atom. The molecule has 1 saturated heterocycles. The van der Waals surface area contributed by atoms with Crippen LogP contribution in [-0.2, 0) is 4.74 Å². The van der Waals surface area contributed by atoms with Crippen LogP contribution in [0.15, 0.2) is 90.3 Å². The number of morpholine rings is 1. The molecule has 1 unspecified atom stereocenters. The van der Waals surface area contributed by atoms with E-state index in [2.05, 4.69) is 116 Å². The largest absolute Gasteiger partial charge is 0.489 e. The molecule has 3 aromatic rings. The molecule has 4 nitrogen and oxygen atoms in total. The van der Waals surface area contributed by atoms with Gasteiger partial charge in [0.05, 0.1) is 24.9 Å². The van der Waals surface area contributed by atoms with Gasteiger partial charge in [0.25, 0.3) is 0 Å². The van der Waals surface area contributed by atoms with Crippen LogP contribution < -0.4 is 20.2 Å². The lowest BCUT2D eigenvalue weighted by Crippen LogP contribution is -2.50. The van der Waals surface area contributed by atoms with Crippen molar-refractivity contribution in [3.63, 3.8) is 0 Å². The van der Waals surface area contributed by atoms with Crippen molar-refractivity contribution in [2.24, 2.45) is 0 Å². The molecule has 1 aliphatic carbocycles. The molecule has 1 fully saturated rings. The van der Waals surface area contributed by atoms with Gasteiger partial charge in [-0.1, -0.05) is 78.9 Å². The van der Waals surface area contributed by atoms with Crippen molar-refractivity contribution in [2.75, 3.05) is 45.3 Å². The highest BCUT2D eigenvalue weighted by Crippen LogP contribution is 2.54. The predicted molar refractivity (Wildman–Crippen MR) is 151 cm³/mol. The molecule has 0 amide bonds. The van der Waals surface area contributed by atoms with Crippen LogP contribution in [0.3, 0.4) is 0 Å². The predicted octanol–water partition coefficient (Wildman–Crippen LogP) is 4.94. The maximum Gasteiger partial charge on any atom is 0.150 e. The number of benzene rings is 3. The number of aryl methyl sites for hydroxylation is 1. The molecule has 0 aromatic heterocycles. The molecule has 184 valence electrons. The molecule has 3 aromatic carbocycles. The van der Waals surface area contributed by atoms with Gasteiger partial charge in [0.1, 0.15) is 12.7 Å². The van der Waals surface area contributed by atoms with Crippen molar-refractivity contribution in [3.05, 3.63) is 101 Å². The van der Waals surface area contributed by atoms with Crippen LogP contribution >= 0.6 is 7.92 Å². The van der Waals surface area contributed by atoms with Crippen LogP contribution in [0.5, 0.6) is 5.75 Å². The standard InChI is InChI=1S/C31H33N2O2P/c1-22-14-15-25-30(34-20-18-32(25)2)28(22)29-27(17-16-26-31(29)35-21-19-33(26)3)36(23-10-6-4-7-11-23)24-12-8-5-9-13-24/h4-17,26,31H,18-21H2,1-3H3/t26?,31-/m0/s1. The van der Waals surface area contributed by atoms with Crippen molar-refractivity contribution in [3.8, 4) is 5.75 Å². The summed E-state index contributed by atoms with van der Waals surface area (Å²) < 4.78 is 13.1. The molecule has 36 heavy (non-hydrogen) atoms. The Bertz CT molecular complexity index is 1270. The lowest BCUT2D eigenvalue weighted by Gasteiger charge is -2.43. The number of nitrogens with zero attached hydrogens (tertiary/aromatic N) is 2. The van der Waals surface area contributed by atoms with Gasteiger partial charge in [0, 0.05) is 24.7 Å². The molecule has 0 radical (unpaired) electrons. The molecule has 0 bridgehead atoms. The Labute approximate surface area is 215 Å². The lowest BCUT2D eigenvalue weighted by atomic mass is 9.86. The minimum atomic E-state index is -0.790. The Hall–Kier alpha value is -2.91. The summed E-state index contributed by atoms with van der Waals surface area (Å²) in [5.74, 6) is 0.998. The normalized spacial score (nSPS) is 21.8. The highest BCUT2D eigenvalue weighted by atomic mass is 31.1. The number of hydrogen-bond acceptors (Lipinski definition) is 4.